The van der Waals surface area contributed by atoms with Gasteiger partial charge in [-0.3, -0.25) is 0 Å². The Labute approximate surface area is 295 Å². The van der Waals surface area contributed by atoms with Crippen LogP contribution in [0.1, 0.15) is 80.8 Å². The van der Waals surface area contributed by atoms with Crippen LogP contribution in [-0.2, 0) is 44.7 Å². The van der Waals surface area contributed by atoms with Crippen LogP contribution in [0.5, 0.6) is 0 Å². The first-order valence-electron chi connectivity index (χ1n) is 16.7. The number of anilines is 4. The van der Waals surface area contributed by atoms with Gasteiger partial charge in [0, 0.05) is 31.0 Å². The summed E-state index contributed by atoms with van der Waals surface area (Å²) < 4.78 is 0. The molecular formula is C42H44N4Pt. The SMILES string of the molecule is Cc1cc(N2CCCc3ccc(C(C)(C)c4[c-]c5c(cc4)CCCN5c4cc(C(C)(C)C)ccn4)[c-]c32)ncc1-c1ccccc1.[Pt+2]. The number of aryl methyl sites for hydroxylation is 3. The van der Waals surface area contributed by atoms with Crippen molar-refractivity contribution in [1.29, 1.82) is 0 Å². The Hall–Kier alpha value is -3.75. The molecule has 0 N–H and O–H groups in total. The van der Waals surface area contributed by atoms with Crippen molar-refractivity contribution in [2.24, 2.45) is 0 Å². The van der Waals surface area contributed by atoms with Crippen molar-refractivity contribution >= 4 is 23.0 Å². The molecule has 4 heterocycles. The second-order valence-corrected chi connectivity index (χ2v) is 14.5. The van der Waals surface area contributed by atoms with Gasteiger partial charge in [0.1, 0.15) is 11.6 Å². The first-order valence-corrected chi connectivity index (χ1v) is 16.7. The molecule has 5 heteroatoms. The number of hydrogen-bond donors (Lipinski definition) is 0. The van der Waals surface area contributed by atoms with Gasteiger partial charge in [0.15, 0.2) is 0 Å². The molecule has 0 unspecified atom stereocenters. The summed E-state index contributed by atoms with van der Waals surface area (Å²) in [5.74, 6) is 2.00. The Morgan fingerprint density at radius 2 is 1.26 bits per heavy atom. The number of benzene rings is 3. The number of fused-ring (bicyclic) bond motifs is 2. The number of hydrogen-bond acceptors (Lipinski definition) is 4. The summed E-state index contributed by atoms with van der Waals surface area (Å²) in [7, 11) is 0. The second-order valence-electron chi connectivity index (χ2n) is 14.5. The minimum Gasteiger partial charge on any atom is -0.350 e. The molecule has 0 fully saturated rings. The van der Waals surface area contributed by atoms with Crippen molar-refractivity contribution in [3.63, 3.8) is 0 Å². The topological polar surface area (TPSA) is 32.3 Å². The van der Waals surface area contributed by atoms with Crippen molar-refractivity contribution in [1.82, 2.24) is 9.97 Å². The molecule has 2 aliphatic heterocycles. The molecule has 0 radical (unpaired) electrons. The van der Waals surface area contributed by atoms with E-state index in [0.717, 1.165) is 61.8 Å². The van der Waals surface area contributed by atoms with Crippen molar-refractivity contribution in [3.8, 4) is 11.1 Å². The van der Waals surface area contributed by atoms with Gasteiger partial charge in [0.05, 0.1) is 0 Å². The van der Waals surface area contributed by atoms with Gasteiger partial charge in [-0.05, 0) is 65.5 Å². The van der Waals surface area contributed by atoms with Gasteiger partial charge in [0.2, 0.25) is 0 Å². The zero-order valence-corrected chi connectivity index (χ0v) is 30.7. The first-order chi connectivity index (χ1) is 22.1. The summed E-state index contributed by atoms with van der Waals surface area (Å²) in [6, 6.07) is 34.1. The Morgan fingerprint density at radius 1 is 0.681 bits per heavy atom. The largest absolute Gasteiger partial charge is 2.00 e. The van der Waals surface area contributed by atoms with Gasteiger partial charge < -0.3 is 9.80 Å². The molecule has 0 aliphatic carbocycles. The van der Waals surface area contributed by atoms with Crippen LogP contribution in [0.4, 0.5) is 23.0 Å². The maximum atomic E-state index is 4.98. The molecule has 2 aliphatic rings. The summed E-state index contributed by atoms with van der Waals surface area (Å²) in [5, 5.41) is 0. The molecular weight excluding hydrogens is 756 g/mol. The Kier molecular flexibility index (Phi) is 9.20. The summed E-state index contributed by atoms with van der Waals surface area (Å²) in [4.78, 5) is 14.6. The monoisotopic (exact) mass is 799 g/mol. The number of aromatic nitrogens is 2. The van der Waals surface area contributed by atoms with E-state index >= 15 is 0 Å². The third-order valence-corrected chi connectivity index (χ3v) is 9.90. The van der Waals surface area contributed by atoms with E-state index in [1.54, 1.807) is 0 Å². The predicted molar refractivity (Wildman–Crippen MR) is 191 cm³/mol. The zero-order valence-electron chi connectivity index (χ0n) is 28.4. The number of rotatable bonds is 5. The fraction of sp³-hybridized carbons (Fsp3) is 0.333. The molecule has 5 aromatic rings. The average Bonchev–Trinajstić information content (AvgIpc) is 3.07. The second kappa shape index (κ2) is 13.0. The summed E-state index contributed by atoms with van der Waals surface area (Å²) in [6.45, 7) is 15.5. The van der Waals surface area contributed by atoms with Crippen molar-refractivity contribution in [2.45, 2.75) is 78.1 Å². The Morgan fingerprint density at radius 3 is 1.81 bits per heavy atom. The van der Waals surface area contributed by atoms with Crippen LogP contribution < -0.4 is 9.80 Å². The maximum absolute atomic E-state index is 4.98. The van der Waals surface area contributed by atoms with Crippen LogP contribution in [0, 0.1) is 19.1 Å². The van der Waals surface area contributed by atoms with Crippen molar-refractivity contribution < 1.29 is 21.1 Å². The quantitative estimate of drug-likeness (QED) is 0.166. The number of pyridine rings is 2. The molecule has 3 aromatic carbocycles. The van der Waals surface area contributed by atoms with Crippen molar-refractivity contribution in [3.05, 3.63) is 131 Å². The van der Waals surface area contributed by atoms with Gasteiger partial charge in [-0.25, -0.2) is 9.97 Å². The van der Waals surface area contributed by atoms with E-state index in [1.165, 1.54) is 44.5 Å². The van der Waals surface area contributed by atoms with E-state index in [1.807, 2.05) is 12.4 Å². The van der Waals surface area contributed by atoms with Gasteiger partial charge in [-0.2, -0.15) is 47.5 Å². The van der Waals surface area contributed by atoms with Gasteiger partial charge in [0.25, 0.3) is 0 Å². The molecule has 242 valence electrons. The van der Waals surface area contributed by atoms with Crippen molar-refractivity contribution in [2.75, 3.05) is 22.9 Å². The molecule has 0 saturated heterocycles. The molecule has 0 saturated carbocycles. The summed E-state index contributed by atoms with van der Waals surface area (Å²) >= 11 is 0. The number of nitrogens with zero attached hydrogens (tertiary/aromatic N) is 4. The summed E-state index contributed by atoms with van der Waals surface area (Å²) in [5.41, 5.74) is 12.0. The van der Waals surface area contributed by atoms with E-state index in [4.69, 9.17) is 9.97 Å². The van der Waals surface area contributed by atoms with E-state index < -0.39 is 0 Å². The van der Waals surface area contributed by atoms with Crippen LogP contribution in [-0.4, -0.2) is 23.1 Å². The summed E-state index contributed by atoms with van der Waals surface area (Å²) in [6.07, 6.45) is 8.32. The van der Waals surface area contributed by atoms with Crippen LogP contribution in [0.15, 0.2) is 85.2 Å². The molecule has 2 aromatic heterocycles. The Bertz CT molecular complexity index is 1890. The first kappa shape index (κ1) is 33.2. The zero-order chi connectivity index (χ0) is 32.1. The molecule has 4 nitrogen and oxygen atoms in total. The van der Waals surface area contributed by atoms with E-state index in [-0.39, 0.29) is 31.9 Å². The van der Waals surface area contributed by atoms with Crippen LogP contribution in [0.3, 0.4) is 0 Å². The maximum Gasteiger partial charge on any atom is 2.00 e. The normalized spacial score (nSPS) is 14.7. The van der Waals surface area contributed by atoms with Gasteiger partial charge >= 0.3 is 21.1 Å². The fourth-order valence-corrected chi connectivity index (χ4v) is 6.96. The molecule has 47 heavy (non-hydrogen) atoms. The molecule has 0 bridgehead atoms. The molecule has 0 amide bonds. The van der Waals surface area contributed by atoms with E-state index in [2.05, 4.69) is 136 Å². The standard InChI is InChI=1S/C42H44N4.Pt/c1-29-24-39(44-28-36(29)30-12-8-7-9-13-30)45-22-10-14-31-16-18-34(25-37(31)45)42(5,6)35-19-17-32-15-11-23-46(38(32)26-35)40-27-33(20-21-43-40)41(2,3)4;/h7-9,12-13,16-21,24,27-28H,10-11,14-15,22-23H2,1-6H3;/q-2;+2. The van der Waals surface area contributed by atoms with Crippen LogP contribution in [0.2, 0.25) is 0 Å². The third kappa shape index (κ3) is 6.42. The fourth-order valence-electron chi connectivity index (χ4n) is 6.96. The minimum atomic E-state index is -0.294. The van der Waals surface area contributed by atoms with Gasteiger partial charge in [-0.15, -0.1) is 11.1 Å². The van der Waals surface area contributed by atoms with E-state index in [9.17, 15) is 0 Å². The minimum absolute atomic E-state index is 0. The van der Waals surface area contributed by atoms with Gasteiger partial charge in [-0.1, -0.05) is 89.2 Å². The molecule has 0 spiro atoms. The molecule has 0 atom stereocenters. The molecule has 7 rings (SSSR count). The average molecular weight is 800 g/mol. The smallest absolute Gasteiger partial charge is 0.350 e. The van der Waals surface area contributed by atoms with Crippen LogP contribution >= 0.6 is 0 Å². The van der Waals surface area contributed by atoms with Crippen LogP contribution in [0.25, 0.3) is 11.1 Å². The third-order valence-electron chi connectivity index (χ3n) is 9.90. The predicted octanol–water partition coefficient (Wildman–Crippen LogP) is 9.84. The van der Waals surface area contributed by atoms with E-state index in [0.29, 0.717) is 0 Å². The Balaban J connectivity index is 0.00000386.